The first-order valence-electron chi connectivity index (χ1n) is 9.88. The lowest BCUT2D eigenvalue weighted by molar-refractivity contribution is -0.146. The van der Waals surface area contributed by atoms with Crippen molar-refractivity contribution in [2.75, 3.05) is 0 Å². The van der Waals surface area contributed by atoms with E-state index in [4.69, 9.17) is 0 Å². The molecule has 4 rings (SSSR count). The van der Waals surface area contributed by atoms with E-state index in [9.17, 15) is 10.2 Å². The fourth-order valence-electron chi connectivity index (χ4n) is 7.62. The highest BCUT2D eigenvalue weighted by Gasteiger charge is 2.63. The molecule has 0 aromatic rings. The van der Waals surface area contributed by atoms with E-state index in [0.29, 0.717) is 11.3 Å². The van der Waals surface area contributed by atoms with Gasteiger partial charge in [-0.15, -0.1) is 6.58 Å². The summed E-state index contributed by atoms with van der Waals surface area (Å²) >= 11 is 0. The monoisotopic (exact) mass is 318 g/mol. The molecule has 2 nitrogen and oxygen atoms in total. The second kappa shape index (κ2) is 5.08. The first-order valence-corrected chi connectivity index (χ1v) is 9.88. The summed E-state index contributed by atoms with van der Waals surface area (Å²) in [5.41, 5.74) is -0.186. The lowest BCUT2D eigenvalue weighted by Gasteiger charge is -2.61. The first-order chi connectivity index (χ1) is 10.8. The van der Waals surface area contributed by atoms with Crippen LogP contribution in [0.25, 0.3) is 0 Å². The molecule has 0 aromatic heterocycles. The minimum atomic E-state index is -0.650. The maximum absolute atomic E-state index is 11.1. The number of hydrogen-bond acceptors (Lipinski definition) is 2. The molecular formula is C21H34O2. The van der Waals surface area contributed by atoms with Gasteiger partial charge in [-0.05, 0) is 86.9 Å². The number of fused-ring (bicyclic) bond motifs is 5. The van der Waals surface area contributed by atoms with Gasteiger partial charge in [-0.25, -0.2) is 0 Å². The summed E-state index contributed by atoms with van der Waals surface area (Å²) in [7, 11) is 0. The van der Waals surface area contributed by atoms with E-state index in [2.05, 4.69) is 20.4 Å². The van der Waals surface area contributed by atoms with Crippen LogP contribution in [0.3, 0.4) is 0 Å². The number of rotatable bonds is 1. The van der Waals surface area contributed by atoms with Gasteiger partial charge in [-0.1, -0.05) is 19.9 Å². The molecule has 3 unspecified atom stereocenters. The van der Waals surface area contributed by atoms with Gasteiger partial charge in [0.2, 0.25) is 0 Å². The lowest BCUT2D eigenvalue weighted by Crippen LogP contribution is -2.56. The molecule has 23 heavy (non-hydrogen) atoms. The zero-order valence-corrected chi connectivity index (χ0v) is 14.9. The van der Waals surface area contributed by atoms with Crippen molar-refractivity contribution in [3.05, 3.63) is 12.7 Å². The van der Waals surface area contributed by atoms with Crippen LogP contribution >= 0.6 is 0 Å². The highest BCUT2D eigenvalue weighted by atomic mass is 16.3. The summed E-state index contributed by atoms with van der Waals surface area (Å²) < 4.78 is 0. The Labute approximate surface area is 141 Å². The molecule has 8 atom stereocenters. The molecule has 2 heteroatoms. The molecule has 0 aliphatic heterocycles. The van der Waals surface area contributed by atoms with Crippen LogP contribution in [0.5, 0.6) is 0 Å². The van der Waals surface area contributed by atoms with Gasteiger partial charge in [0, 0.05) is 5.41 Å². The second-order valence-corrected chi connectivity index (χ2v) is 9.71. The molecule has 0 bridgehead atoms. The van der Waals surface area contributed by atoms with Crippen LogP contribution in [0, 0.1) is 34.5 Å². The third kappa shape index (κ3) is 2.00. The van der Waals surface area contributed by atoms with Gasteiger partial charge < -0.3 is 10.2 Å². The van der Waals surface area contributed by atoms with E-state index < -0.39 is 5.60 Å². The molecule has 2 N–H and O–H groups in total. The highest BCUT2D eigenvalue weighted by molar-refractivity contribution is 5.18. The van der Waals surface area contributed by atoms with E-state index >= 15 is 0 Å². The second-order valence-electron chi connectivity index (χ2n) is 9.71. The highest BCUT2D eigenvalue weighted by Crippen LogP contribution is 2.68. The Bertz CT molecular complexity index is 502. The summed E-state index contributed by atoms with van der Waals surface area (Å²) in [4.78, 5) is 0. The van der Waals surface area contributed by atoms with Crippen molar-refractivity contribution in [1.29, 1.82) is 0 Å². The summed E-state index contributed by atoms with van der Waals surface area (Å²) in [6, 6.07) is 0. The summed E-state index contributed by atoms with van der Waals surface area (Å²) in [6.07, 6.45) is 12.1. The maximum Gasteiger partial charge on any atom is 0.0881 e. The van der Waals surface area contributed by atoms with Gasteiger partial charge in [0.15, 0.2) is 0 Å². The third-order valence-corrected chi connectivity index (χ3v) is 9.19. The third-order valence-electron chi connectivity index (χ3n) is 9.19. The average Bonchev–Trinajstić information content (AvgIpc) is 2.80. The molecule has 4 saturated carbocycles. The molecule has 0 radical (unpaired) electrons. The van der Waals surface area contributed by atoms with Gasteiger partial charge in [0.25, 0.3) is 0 Å². The predicted octanol–water partition coefficient (Wildman–Crippen LogP) is 4.31. The molecule has 130 valence electrons. The largest absolute Gasteiger partial charge is 0.393 e. The zero-order valence-electron chi connectivity index (χ0n) is 14.9. The Morgan fingerprint density at radius 3 is 2.43 bits per heavy atom. The summed E-state index contributed by atoms with van der Waals surface area (Å²) in [5.74, 6) is 2.96. The van der Waals surface area contributed by atoms with Gasteiger partial charge in [-0.3, -0.25) is 0 Å². The van der Waals surface area contributed by atoms with Crippen LogP contribution in [0.15, 0.2) is 12.7 Å². The molecule has 4 aliphatic carbocycles. The topological polar surface area (TPSA) is 40.5 Å². The minimum Gasteiger partial charge on any atom is -0.393 e. The Hall–Kier alpha value is -0.340. The van der Waals surface area contributed by atoms with Crippen LogP contribution in [0.1, 0.15) is 71.6 Å². The van der Waals surface area contributed by atoms with E-state index in [0.717, 1.165) is 43.4 Å². The lowest BCUT2D eigenvalue weighted by atomic mass is 9.44. The van der Waals surface area contributed by atoms with Crippen molar-refractivity contribution in [3.8, 4) is 0 Å². The van der Waals surface area contributed by atoms with Crippen molar-refractivity contribution < 1.29 is 10.2 Å². The molecular weight excluding hydrogens is 284 g/mol. The SMILES string of the molecule is C=CC1(O)CC[C@H]2[C@@H]3CCC4CC(O)CC[C@]4(C)[C@H]3CC[C@@]21C. The normalized spacial score (nSPS) is 58.9. The van der Waals surface area contributed by atoms with E-state index in [1.165, 1.54) is 32.1 Å². The van der Waals surface area contributed by atoms with Crippen molar-refractivity contribution in [3.63, 3.8) is 0 Å². The fraction of sp³-hybridized carbons (Fsp3) is 0.905. The molecule has 4 fully saturated rings. The van der Waals surface area contributed by atoms with Crippen LogP contribution in [0.4, 0.5) is 0 Å². The molecule has 0 heterocycles. The Morgan fingerprint density at radius 2 is 1.70 bits per heavy atom. The van der Waals surface area contributed by atoms with Crippen molar-refractivity contribution in [2.45, 2.75) is 83.3 Å². The molecule has 0 amide bonds. The Kier molecular flexibility index (Phi) is 3.57. The van der Waals surface area contributed by atoms with Crippen molar-refractivity contribution in [2.24, 2.45) is 34.5 Å². The van der Waals surface area contributed by atoms with Gasteiger partial charge >= 0.3 is 0 Å². The summed E-state index contributed by atoms with van der Waals surface area (Å²) in [5, 5.41) is 21.2. The smallest absolute Gasteiger partial charge is 0.0881 e. The average molecular weight is 319 g/mol. The van der Waals surface area contributed by atoms with E-state index in [1.807, 2.05) is 6.08 Å². The molecule has 4 aliphatic rings. The predicted molar refractivity (Wildman–Crippen MR) is 92.9 cm³/mol. The number of hydrogen-bond donors (Lipinski definition) is 2. The van der Waals surface area contributed by atoms with Gasteiger partial charge in [-0.2, -0.15) is 0 Å². The van der Waals surface area contributed by atoms with Crippen LogP contribution in [-0.4, -0.2) is 21.9 Å². The minimum absolute atomic E-state index is 0.0350. The molecule has 0 saturated heterocycles. The van der Waals surface area contributed by atoms with E-state index in [-0.39, 0.29) is 11.5 Å². The Balaban J connectivity index is 1.64. The van der Waals surface area contributed by atoms with E-state index in [1.54, 1.807) is 0 Å². The van der Waals surface area contributed by atoms with Gasteiger partial charge in [0.1, 0.15) is 0 Å². The first kappa shape index (κ1) is 16.1. The molecule has 0 spiro atoms. The number of aliphatic hydroxyl groups is 2. The zero-order chi connectivity index (χ0) is 16.5. The Morgan fingerprint density at radius 1 is 0.957 bits per heavy atom. The van der Waals surface area contributed by atoms with Crippen LogP contribution in [-0.2, 0) is 0 Å². The van der Waals surface area contributed by atoms with Crippen molar-refractivity contribution >= 4 is 0 Å². The summed E-state index contributed by atoms with van der Waals surface area (Å²) in [6.45, 7) is 8.82. The van der Waals surface area contributed by atoms with Gasteiger partial charge in [0.05, 0.1) is 11.7 Å². The molecule has 0 aromatic carbocycles. The van der Waals surface area contributed by atoms with Crippen molar-refractivity contribution in [1.82, 2.24) is 0 Å². The van der Waals surface area contributed by atoms with Crippen LogP contribution in [0.2, 0.25) is 0 Å². The maximum atomic E-state index is 11.1. The fourth-order valence-corrected chi connectivity index (χ4v) is 7.62. The number of aliphatic hydroxyl groups excluding tert-OH is 1. The standard InChI is InChI=1S/C21H34O2/c1-4-21(23)12-9-18-16-6-5-14-13-15(22)7-10-19(14,2)17(16)8-11-20(18,21)3/h4,14-18,22-23H,1,5-13H2,2-3H3/t14?,15?,16-,17+,18+,19+,20+,21?/m1/s1. The van der Waals surface area contributed by atoms with Crippen LogP contribution < -0.4 is 0 Å². The quantitative estimate of drug-likeness (QED) is 0.707.